The number of fused-ring (bicyclic) bond motifs is 3. The third-order valence-electron chi connectivity index (χ3n) is 4.44. The zero-order chi connectivity index (χ0) is 19.4. The van der Waals surface area contributed by atoms with E-state index in [2.05, 4.69) is 4.98 Å². The summed E-state index contributed by atoms with van der Waals surface area (Å²) in [6.07, 6.45) is -2.82. The molecular formula is C21H16F3NS. The first-order chi connectivity index (χ1) is 12.7. The van der Waals surface area contributed by atoms with E-state index in [9.17, 15) is 13.2 Å². The van der Waals surface area contributed by atoms with Crippen molar-refractivity contribution in [3.63, 3.8) is 0 Å². The van der Waals surface area contributed by atoms with Crippen LogP contribution in [-0.2, 0) is 6.18 Å². The highest BCUT2D eigenvalue weighted by Gasteiger charge is 2.34. The molecule has 0 fully saturated rings. The van der Waals surface area contributed by atoms with Crippen LogP contribution in [0.3, 0.4) is 0 Å². The Bertz CT molecular complexity index is 1160. The number of rotatable bonds is 2. The van der Waals surface area contributed by atoms with Crippen molar-refractivity contribution in [1.29, 1.82) is 0 Å². The molecule has 2 heterocycles. The van der Waals surface area contributed by atoms with Crippen LogP contribution in [0.1, 0.15) is 32.2 Å². The summed E-state index contributed by atoms with van der Waals surface area (Å²) in [7, 11) is 0. The maximum atomic E-state index is 13.6. The molecule has 4 rings (SSSR count). The first kappa shape index (κ1) is 15.8. The fourth-order valence-electron chi connectivity index (χ4n) is 3.15. The van der Waals surface area contributed by atoms with Gasteiger partial charge < -0.3 is 0 Å². The van der Waals surface area contributed by atoms with Gasteiger partial charge in [0.1, 0.15) is 0 Å². The minimum Gasteiger partial charge on any atom is -0.256 e. The Morgan fingerprint density at radius 3 is 2.58 bits per heavy atom. The van der Waals surface area contributed by atoms with Crippen LogP contribution in [0.25, 0.3) is 31.4 Å². The minimum absolute atomic E-state index is 0.220. The van der Waals surface area contributed by atoms with Crippen LogP contribution in [0.2, 0.25) is 0 Å². The van der Waals surface area contributed by atoms with Gasteiger partial charge in [0.2, 0.25) is 0 Å². The fourth-order valence-corrected chi connectivity index (χ4v) is 4.41. The summed E-state index contributed by atoms with van der Waals surface area (Å²) in [5.74, 6) is -0.817. The average Bonchev–Trinajstić information content (AvgIpc) is 2.99. The second-order valence-corrected chi connectivity index (χ2v) is 7.44. The van der Waals surface area contributed by atoms with E-state index in [0.717, 1.165) is 16.3 Å². The number of halogens is 3. The largest absolute Gasteiger partial charge is 0.417 e. The van der Waals surface area contributed by atoms with E-state index in [-0.39, 0.29) is 5.39 Å². The van der Waals surface area contributed by atoms with Gasteiger partial charge in [0.25, 0.3) is 0 Å². The minimum atomic E-state index is -4.43. The van der Waals surface area contributed by atoms with Crippen LogP contribution >= 0.6 is 11.3 Å². The number of alkyl halides is 3. The van der Waals surface area contributed by atoms with E-state index >= 15 is 0 Å². The number of pyridine rings is 1. The molecule has 0 bridgehead atoms. The van der Waals surface area contributed by atoms with E-state index in [1.165, 1.54) is 17.4 Å². The molecule has 0 saturated carbocycles. The van der Waals surface area contributed by atoms with Gasteiger partial charge in [0, 0.05) is 33.3 Å². The highest BCUT2D eigenvalue weighted by molar-refractivity contribution is 7.26. The molecule has 4 aromatic rings. The first-order valence-corrected chi connectivity index (χ1v) is 8.96. The Kier molecular flexibility index (Phi) is 3.71. The van der Waals surface area contributed by atoms with Gasteiger partial charge in [-0.1, -0.05) is 38.1 Å². The summed E-state index contributed by atoms with van der Waals surface area (Å²) in [5.41, 5.74) is 1.38. The molecule has 0 radical (unpaired) electrons. The molecule has 2 aromatic heterocycles. The van der Waals surface area contributed by atoms with Gasteiger partial charge in [-0.2, -0.15) is 13.2 Å². The molecule has 0 unspecified atom stereocenters. The third kappa shape index (κ3) is 2.76. The van der Waals surface area contributed by atoms with Crippen molar-refractivity contribution in [2.24, 2.45) is 0 Å². The van der Waals surface area contributed by atoms with Crippen molar-refractivity contribution in [2.45, 2.75) is 25.9 Å². The third-order valence-corrected chi connectivity index (χ3v) is 5.65. The van der Waals surface area contributed by atoms with Crippen molar-refractivity contribution in [2.75, 3.05) is 0 Å². The van der Waals surface area contributed by atoms with Crippen molar-refractivity contribution >= 4 is 31.5 Å². The van der Waals surface area contributed by atoms with Gasteiger partial charge in [-0.15, -0.1) is 11.3 Å². The van der Waals surface area contributed by atoms with E-state index < -0.39 is 17.6 Å². The number of hydrogen-bond acceptors (Lipinski definition) is 2. The van der Waals surface area contributed by atoms with Crippen molar-refractivity contribution < 1.29 is 14.5 Å². The fraction of sp³-hybridized carbons (Fsp3) is 0.190. The normalized spacial score (nSPS) is 13.3. The topological polar surface area (TPSA) is 12.9 Å². The van der Waals surface area contributed by atoms with E-state index in [4.69, 9.17) is 1.37 Å². The Balaban J connectivity index is 2.07. The van der Waals surface area contributed by atoms with Gasteiger partial charge in [-0.05, 0) is 35.7 Å². The average molecular weight is 372 g/mol. The number of nitrogens with zero attached hydrogens (tertiary/aromatic N) is 1. The number of thiophene rings is 1. The quantitative estimate of drug-likeness (QED) is 0.361. The Morgan fingerprint density at radius 1 is 1.08 bits per heavy atom. The lowest BCUT2D eigenvalue weighted by molar-refractivity contribution is -0.136. The Hall–Kier alpha value is -2.40. The number of benzene rings is 2. The monoisotopic (exact) mass is 372 g/mol. The second kappa shape index (κ2) is 6.09. The molecule has 0 saturated heterocycles. The van der Waals surface area contributed by atoms with Gasteiger partial charge in [-0.25, -0.2) is 0 Å². The van der Waals surface area contributed by atoms with Crippen LogP contribution in [0, 0.1) is 0 Å². The predicted molar refractivity (Wildman–Crippen MR) is 102 cm³/mol. The van der Waals surface area contributed by atoms with Gasteiger partial charge in [0.05, 0.1) is 11.3 Å². The SMILES string of the molecule is [2H]C(C)(C)c1ccnc(-c2ccc(C(F)(F)F)c3c2sc2ccccc23)c1. The number of hydrogen-bond donors (Lipinski definition) is 0. The molecule has 0 aliphatic carbocycles. The van der Waals surface area contributed by atoms with E-state index in [0.29, 0.717) is 21.3 Å². The van der Waals surface area contributed by atoms with Crippen LogP contribution < -0.4 is 0 Å². The highest BCUT2D eigenvalue weighted by Crippen LogP contribution is 2.45. The lowest BCUT2D eigenvalue weighted by atomic mass is 9.98. The molecule has 0 atom stereocenters. The maximum Gasteiger partial charge on any atom is 0.417 e. The molecule has 0 spiro atoms. The zero-order valence-electron chi connectivity index (χ0n) is 15.2. The standard InChI is InChI=1S/C21H16F3NS/c1-12(2)13-9-10-25-17(11-13)14-7-8-16(21(22,23)24)19-15-5-3-4-6-18(15)26-20(14)19/h3-12H,1-2H3/i12D. The van der Waals surface area contributed by atoms with Gasteiger partial charge in [-0.3, -0.25) is 4.98 Å². The second-order valence-electron chi connectivity index (χ2n) is 6.39. The summed E-state index contributed by atoms with van der Waals surface area (Å²) < 4.78 is 50.5. The molecule has 5 heteroatoms. The summed E-state index contributed by atoms with van der Waals surface area (Å²) in [5, 5.41) is 0.821. The van der Waals surface area contributed by atoms with Crippen molar-refractivity contribution in [3.8, 4) is 11.3 Å². The lowest BCUT2D eigenvalue weighted by Crippen LogP contribution is -2.05. The Labute approximate surface area is 154 Å². The molecule has 26 heavy (non-hydrogen) atoms. The number of aromatic nitrogens is 1. The highest BCUT2D eigenvalue weighted by atomic mass is 32.1. The predicted octanol–water partition coefficient (Wildman–Crippen LogP) is 7.26. The smallest absolute Gasteiger partial charge is 0.256 e. The molecule has 2 aromatic carbocycles. The molecule has 0 aliphatic rings. The summed E-state index contributed by atoms with van der Waals surface area (Å²) in [6.45, 7) is 3.54. The van der Waals surface area contributed by atoms with Crippen LogP contribution in [-0.4, -0.2) is 4.98 Å². The summed E-state index contributed by atoms with van der Waals surface area (Å²) in [6, 6.07) is 13.3. The van der Waals surface area contributed by atoms with E-state index in [1.807, 2.05) is 12.1 Å². The Morgan fingerprint density at radius 2 is 1.85 bits per heavy atom. The molecule has 1 nitrogen and oxygen atoms in total. The summed E-state index contributed by atoms with van der Waals surface area (Å²) >= 11 is 1.34. The first-order valence-electron chi connectivity index (χ1n) is 8.64. The van der Waals surface area contributed by atoms with Crippen LogP contribution in [0.5, 0.6) is 0 Å². The maximum absolute atomic E-state index is 13.6. The molecule has 132 valence electrons. The van der Waals surface area contributed by atoms with Crippen molar-refractivity contribution in [1.82, 2.24) is 4.98 Å². The lowest BCUT2D eigenvalue weighted by Gasteiger charge is -2.12. The molecule has 0 N–H and O–H groups in total. The van der Waals surface area contributed by atoms with Crippen LogP contribution in [0.4, 0.5) is 13.2 Å². The molecule has 0 aliphatic heterocycles. The van der Waals surface area contributed by atoms with Gasteiger partial charge >= 0.3 is 6.18 Å². The van der Waals surface area contributed by atoms with Crippen LogP contribution in [0.15, 0.2) is 54.7 Å². The molecular weight excluding hydrogens is 355 g/mol. The van der Waals surface area contributed by atoms with Crippen molar-refractivity contribution in [3.05, 3.63) is 65.9 Å². The summed E-state index contributed by atoms with van der Waals surface area (Å²) in [4.78, 5) is 4.38. The van der Waals surface area contributed by atoms with Gasteiger partial charge in [0.15, 0.2) is 0 Å². The zero-order valence-corrected chi connectivity index (χ0v) is 15.0. The molecule has 0 amide bonds. The van der Waals surface area contributed by atoms with E-state index in [1.54, 1.807) is 44.3 Å².